The third-order valence-corrected chi connectivity index (χ3v) is 3.23. The third kappa shape index (κ3) is 3.20. The van der Waals surface area contributed by atoms with Crippen LogP contribution in [0.1, 0.15) is 29.2 Å². The lowest BCUT2D eigenvalue weighted by atomic mass is 9.97. The topological polar surface area (TPSA) is 32.7 Å². The molecule has 3 heteroatoms. The summed E-state index contributed by atoms with van der Waals surface area (Å²) in [6.07, 6.45) is 0.714. The van der Waals surface area contributed by atoms with Gasteiger partial charge in [0.15, 0.2) is 0 Å². The van der Waals surface area contributed by atoms with Crippen molar-refractivity contribution in [1.82, 2.24) is 4.90 Å². The molecule has 0 spiro atoms. The van der Waals surface area contributed by atoms with Crippen LogP contribution >= 0.6 is 0 Å². The number of hydrogen-bond donors (Lipinski definition) is 1. The lowest BCUT2D eigenvalue weighted by molar-refractivity contribution is 0.207. The highest BCUT2D eigenvalue weighted by molar-refractivity contribution is 5.43. The molecule has 0 radical (unpaired) electrons. The Morgan fingerprint density at radius 3 is 2.29 bits per heavy atom. The molecule has 1 aromatic carbocycles. The van der Waals surface area contributed by atoms with E-state index in [4.69, 9.17) is 9.84 Å². The van der Waals surface area contributed by atoms with E-state index < -0.39 is 0 Å². The molecule has 0 saturated heterocycles. The summed E-state index contributed by atoms with van der Waals surface area (Å²) < 4.78 is 5.45. The van der Waals surface area contributed by atoms with E-state index in [1.165, 1.54) is 11.1 Å². The second-order valence-electron chi connectivity index (χ2n) is 4.67. The summed E-state index contributed by atoms with van der Waals surface area (Å²) in [5.41, 5.74) is 3.63. The molecular formula is C14H23NO2. The Hall–Kier alpha value is -1.06. The van der Waals surface area contributed by atoms with E-state index in [-0.39, 0.29) is 12.6 Å². The van der Waals surface area contributed by atoms with Gasteiger partial charge in [-0.2, -0.15) is 0 Å². The highest BCUT2D eigenvalue weighted by atomic mass is 16.5. The smallest absolute Gasteiger partial charge is 0.123 e. The Balaban J connectivity index is 3.21. The average molecular weight is 237 g/mol. The van der Waals surface area contributed by atoms with E-state index in [1.807, 2.05) is 14.1 Å². The van der Waals surface area contributed by atoms with Gasteiger partial charge >= 0.3 is 0 Å². The van der Waals surface area contributed by atoms with E-state index in [0.29, 0.717) is 6.42 Å². The molecule has 0 fully saturated rings. The molecule has 1 aromatic rings. The van der Waals surface area contributed by atoms with Crippen LogP contribution in [-0.4, -0.2) is 37.8 Å². The zero-order valence-electron chi connectivity index (χ0n) is 11.4. The molecule has 0 heterocycles. The summed E-state index contributed by atoms with van der Waals surface area (Å²) in [5, 5.41) is 9.17. The SMILES string of the molecule is COc1cc(C)c(C)cc1C(CCO)N(C)C. The van der Waals surface area contributed by atoms with E-state index in [2.05, 4.69) is 30.9 Å². The van der Waals surface area contributed by atoms with E-state index in [0.717, 1.165) is 11.3 Å². The van der Waals surface area contributed by atoms with Crippen LogP contribution in [0.5, 0.6) is 5.75 Å². The molecule has 0 aliphatic heterocycles. The summed E-state index contributed by atoms with van der Waals surface area (Å²) in [5.74, 6) is 0.903. The first-order valence-electron chi connectivity index (χ1n) is 5.93. The minimum Gasteiger partial charge on any atom is -0.496 e. The fraction of sp³-hybridized carbons (Fsp3) is 0.571. The Morgan fingerprint density at radius 2 is 1.82 bits per heavy atom. The third-order valence-electron chi connectivity index (χ3n) is 3.23. The van der Waals surface area contributed by atoms with Crippen LogP contribution in [0.25, 0.3) is 0 Å². The van der Waals surface area contributed by atoms with Crippen molar-refractivity contribution < 1.29 is 9.84 Å². The summed E-state index contributed by atoms with van der Waals surface area (Å²) in [6, 6.07) is 4.42. The normalized spacial score (nSPS) is 12.9. The van der Waals surface area contributed by atoms with Gasteiger partial charge in [0.05, 0.1) is 7.11 Å². The maximum absolute atomic E-state index is 9.17. The fourth-order valence-electron chi connectivity index (χ4n) is 2.06. The molecule has 96 valence electrons. The molecule has 0 bridgehead atoms. The van der Waals surface area contributed by atoms with Crippen LogP contribution < -0.4 is 4.74 Å². The van der Waals surface area contributed by atoms with E-state index in [1.54, 1.807) is 7.11 Å². The molecule has 0 aliphatic rings. The van der Waals surface area contributed by atoms with Gasteiger partial charge in [-0.25, -0.2) is 0 Å². The van der Waals surface area contributed by atoms with Crippen LogP contribution in [0.15, 0.2) is 12.1 Å². The fourth-order valence-corrected chi connectivity index (χ4v) is 2.06. The molecule has 3 nitrogen and oxygen atoms in total. The first-order chi connectivity index (χ1) is 8.01. The number of ether oxygens (including phenoxy) is 1. The van der Waals surface area contributed by atoms with Gasteiger partial charge in [-0.3, -0.25) is 0 Å². The van der Waals surface area contributed by atoms with Crippen LogP contribution in [0.2, 0.25) is 0 Å². The number of hydrogen-bond acceptors (Lipinski definition) is 3. The summed E-state index contributed by atoms with van der Waals surface area (Å²) >= 11 is 0. The van der Waals surface area contributed by atoms with Gasteiger partial charge in [-0.05, 0) is 51.6 Å². The molecule has 0 amide bonds. The zero-order valence-corrected chi connectivity index (χ0v) is 11.4. The maximum atomic E-state index is 9.17. The van der Waals surface area contributed by atoms with Crippen LogP contribution in [0, 0.1) is 13.8 Å². The van der Waals surface area contributed by atoms with Crippen molar-refractivity contribution in [1.29, 1.82) is 0 Å². The molecule has 1 atom stereocenters. The number of methoxy groups -OCH3 is 1. The highest BCUT2D eigenvalue weighted by Crippen LogP contribution is 2.32. The Bertz CT molecular complexity index is 375. The summed E-state index contributed by atoms with van der Waals surface area (Å²) in [4.78, 5) is 2.11. The molecule has 1 unspecified atom stereocenters. The monoisotopic (exact) mass is 237 g/mol. The molecule has 0 saturated carbocycles. The van der Waals surface area contributed by atoms with Gasteiger partial charge < -0.3 is 14.7 Å². The molecule has 0 aromatic heterocycles. The van der Waals surface area contributed by atoms with Gasteiger partial charge in [-0.1, -0.05) is 6.07 Å². The molecule has 0 aliphatic carbocycles. The van der Waals surface area contributed by atoms with Crippen molar-refractivity contribution in [3.8, 4) is 5.75 Å². The zero-order chi connectivity index (χ0) is 13.0. The van der Waals surface area contributed by atoms with Crippen LogP contribution in [-0.2, 0) is 0 Å². The van der Waals surface area contributed by atoms with Gasteiger partial charge in [0.1, 0.15) is 5.75 Å². The highest BCUT2D eigenvalue weighted by Gasteiger charge is 2.18. The van der Waals surface area contributed by atoms with Crippen molar-refractivity contribution >= 4 is 0 Å². The number of aliphatic hydroxyl groups is 1. The summed E-state index contributed by atoms with van der Waals surface area (Å²) in [6.45, 7) is 4.36. The van der Waals surface area contributed by atoms with Gasteiger partial charge in [0, 0.05) is 18.2 Å². The van der Waals surface area contributed by atoms with Crippen LogP contribution in [0.4, 0.5) is 0 Å². The molecular weight excluding hydrogens is 214 g/mol. The van der Waals surface area contributed by atoms with Crippen molar-refractivity contribution in [2.75, 3.05) is 27.8 Å². The number of rotatable bonds is 5. The Labute approximate surface area is 104 Å². The predicted octanol–water partition coefficient (Wildman–Crippen LogP) is 2.30. The van der Waals surface area contributed by atoms with E-state index in [9.17, 15) is 0 Å². The van der Waals surface area contributed by atoms with Crippen LogP contribution in [0.3, 0.4) is 0 Å². The molecule has 17 heavy (non-hydrogen) atoms. The van der Waals surface area contributed by atoms with Crippen molar-refractivity contribution in [2.45, 2.75) is 26.3 Å². The number of aryl methyl sites for hydroxylation is 2. The second-order valence-corrected chi connectivity index (χ2v) is 4.67. The summed E-state index contributed by atoms with van der Waals surface area (Å²) in [7, 11) is 5.74. The van der Waals surface area contributed by atoms with Crippen molar-refractivity contribution in [3.63, 3.8) is 0 Å². The van der Waals surface area contributed by atoms with Gasteiger partial charge in [0.25, 0.3) is 0 Å². The first kappa shape index (κ1) is 14.0. The van der Waals surface area contributed by atoms with Gasteiger partial charge in [-0.15, -0.1) is 0 Å². The largest absolute Gasteiger partial charge is 0.496 e. The minimum atomic E-state index is 0.179. The molecule has 1 rings (SSSR count). The quantitative estimate of drug-likeness (QED) is 0.853. The van der Waals surface area contributed by atoms with Crippen molar-refractivity contribution in [3.05, 3.63) is 28.8 Å². The lowest BCUT2D eigenvalue weighted by Gasteiger charge is -2.26. The number of nitrogens with zero attached hydrogens (tertiary/aromatic N) is 1. The predicted molar refractivity (Wildman–Crippen MR) is 70.6 cm³/mol. The maximum Gasteiger partial charge on any atom is 0.123 e. The number of aliphatic hydroxyl groups excluding tert-OH is 1. The average Bonchev–Trinajstić information content (AvgIpc) is 2.29. The van der Waals surface area contributed by atoms with Gasteiger partial charge in [0.2, 0.25) is 0 Å². The molecule has 1 N–H and O–H groups in total. The van der Waals surface area contributed by atoms with E-state index >= 15 is 0 Å². The standard InChI is InChI=1S/C14H23NO2/c1-10-8-12(13(6-7-16)15(3)4)14(17-5)9-11(10)2/h8-9,13,16H,6-7H2,1-5H3. The Morgan fingerprint density at radius 1 is 1.24 bits per heavy atom. The minimum absolute atomic E-state index is 0.179. The second kappa shape index (κ2) is 6.03. The first-order valence-corrected chi connectivity index (χ1v) is 5.93. The lowest BCUT2D eigenvalue weighted by Crippen LogP contribution is -2.21. The van der Waals surface area contributed by atoms with Crippen molar-refractivity contribution in [2.24, 2.45) is 0 Å². The Kier molecular flexibility index (Phi) is 4.97. The number of benzene rings is 1.